The van der Waals surface area contributed by atoms with Crippen molar-refractivity contribution in [3.63, 3.8) is 0 Å². The second-order valence-corrected chi connectivity index (χ2v) is 19.9. The van der Waals surface area contributed by atoms with Crippen molar-refractivity contribution >= 4 is 35.2 Å². The molecule has 0 amide bonds. The molecule has 51 heavy (non-hydrogen) atoms. The molecule has 1 saturated carbocycles. The quantitative estimate of drug-likeness (QED) is 0.123. The van der Waals surface area contributed by atoms with Crippen molar-refractivity contribution in [2.45, 2.75) is 77.4 Å². The van der Waals surface area contributed by atoms with Gasteiger partial charge in [0, 0.05) is 37.9 Å². The summed E-state index contributed by atoms with van der Waals surface area (Å²) >= 11 is 0. The van der Waals surface area contributed by atoms with Gasteiger partial charge in [-0.05, 0) is 58.8 Å². The summed E-state index contributed by atoms with van der Waals surface area (Å²) in [6, 6.07) is 42.4. The number of para-hydroxylation sites is 1. The molecule has 0 bridgehead atoms. The number of pyridine rings is 2. The Balaban J connectivity index is 0.000000194. The summed E-state index contributed by atoms with van der Waals surface area (Å²) in [6.07, 6.45) is 10.6. The standard InChI is InChI=1S/C29H24NO.C17H22NSi.Ir/c1-3-9-20(10-4-1)22-17-18-30-26(19-22)24-16-15-23(21-11-5-2-6-12-21)28-25-13-7-8-14-27(25)31-29(24)28;1-13(2)15-11-16(14-9-7-6-8-10-14)18-12-17(15)19(3,4)5;/h2,5-8,11-15,17-20H,1,3-4,9-10H2;6-9,11-13H,1-5H3;/q2*-1;. The third-order valence-electron chi connectivity index (χ3n) is 10.0. The zero-order valence-corrected chi connectivity index (χ0v) is 33.7. The molecule has 0 spiro atoms. The number of benzene rings is 4. The first-order valence-electron chi connectivity index (χ1n) is 18.1. The minimum absolute atomic E-state index is 0. The van der Waals surface area contributed by atoms with Gasteiger partial charge in [-0.2, -0.15) is 0 Å². The van der Waals surface area contributed by atoms with Crippen molar-refractivity contribution in [1.82, 2.24) is 9.97 Å². The number of aromatic nitrogens is 2. The Morgan fingerprint density at radius 3 is 2.25 bits per heavy atom. The number of rotatable bonds is 6. The minimum Gasteiger partial charge on any atom is -0.501 e. The summed E-state index contributed by atoms with van der Waals surface area (Å²) in [5.74, 6) is 1.18. The first kappa shape index (κ1) is 36.6. The monoisotopic (exact) mass is 863 g/mol. The summed E-state index contributed by atoms with van der Waals surface area (Å²) < 4.78 is 6.41. The largest absolute Gasteiger partial charge is 0.501 e. The Morgan fingerprint density at radius 1 is 0.784 bits per heavy atom. The molecule has 0 unspecified atom stereocenters. The van der Waals surface area contributed by atoms with Gasteiger partial charge in [-0.15, -0.1) is 48.0 Å². The normalized spacial score (nSPS) is 13.5. The van der Waals surface area contributed by atoms with E-state index in [0.717, 1.165) is 50.0 Å². The zero-order valence-electron chi connectivity index (χ0n) is 30.3. The number of fused-ring (bicyclic) bond motifs is 3. The van der Waals surface area contributed by atoms with Crippen LogP contribution >= 0.6 is 0 Å². The van der Waals surface area contributed by atoms with Crippen LogP contribution in [0.2, 0.25) is 19.6 Å². The molecule has 8 rings (SSSR count). The van der Waals surface area contributed by atoms with E-state index in [9.17, 15) is 0 Å². The summed E-state index contributed by atoms with van der Waals surface area (Å²) in [7, 11) is -1.34. The molecule has 3 nitrogen and oxygen atoms in total. The maximum Gasteiger partial charge on any atom is 0.120 e. The van der Waals surface area contributed by atoms with Crippen LogP contribution in [-0.4, -0.2) is 18.0 Å². The van der Waals surface area contributed by atoms with Crippen molar-refractivity contribution in [3.8, 4) is 33.6 Å². The van der Waals surface area contributed by atoms with E-state index in [0.29, 0.717) is 11.8 Å². The molecular formula is C46H46IrN2OSi-2. The van der Waals surface area contributed by atoms with Crippen LogP contribution in [-0.2, 0) is 20.1 Å². The molecule has 1 fully saturated rings. The van der Waals surface area contributed by atoms with E-state index < -0.39 is 8.07 Å². The van der Waals surface area contributed by atoms with Crippen molar-refractivity contribution in [2.24, 2.45) is 0 Å². The van der Waals surface area contributed by atoms with Gasteiger partial charge in [0.25, 0.3) is 0 Å². The van der Waals surface area contributed by atoms with E-state index in [1.54, 1.807) is 0 Å². The molecule has 1 radical (unpaired) electrons. The molecule has 0 saturated heterocycles. The number of hydrogen-bond donors (Lipinski definition) is 0. The molecule has 3 heterocycles. The average molecular weight is 863 g/mol. The van der Waals surface area contributed by atoms with Crippen LogP contribution in [0.25, 0.3) is 55.6 Å². The topological polar surface area (TPSA) is 38.9 Å². The Hall–Kier alpha value is -4.15. The van der Waals surface area contributed by atoms with Crippen LogP contribution in [0.4, 0.5) is 0 Å². The van der Waals surface area contributed by atoms with Crippen LogP contribution in [0.1, 0.15) is 68.9 Å². The van der Waals surface area contributed by atoms with Crippen LogP contribution in [0.3, 0.4) is 0 Å². The SMILES string of the molecule is CC(C)c1cc(-c2[c-]cccc2)ncc1[Si](C)(C)C.[Ir].[c-]1cc(-c2ccccc2)c2c(oc3ccccc32)c1-c1cc(C2CCCCC2)ccn1. The van der Waals surface area contributed by atoms with Gasteiger partial charge in [-0.3, -0.25) is 0 Å². The first-order chi connectivity index (χ1) is 24.3. The van der Waals surface area contributed by atoms with Crippen LogP contribution in [0, 0.1) is 12.1 Å². The van der Waals surface area contributed by atoms with E-state index in [2.05, 4.69) is 124 Å². The maximum atomic E-state index is 6.41. The fraction of sp³-hybridized carbons (Fsp3) is 0.261. The molecular weight excluding hydrogens is 817 g/mol. The van der Waals surface area contributed by atoms with Crippen molar-refractivity contribution in [1.29, 1.82) is 0 Å². The van der Waals surface area contributed by atoms with Crippen molar-refractivity contribution in [2.75, 3.05) is 0 Å². The Labute approximate surface area is 317 Å². The summed E-state index contributed by atoms with van der Waals surface area (Å²) in [4.78, 5) is 9.40. The second-order valence-electron chi connectivity index (χ2n) is 14.9. The van der Waals surface area contributed by atoms with E-state index in [4.69, 9.17) is 9.40 Å². The summed E-state index contributed by atoms with van der Waals surface area (Å²) in [5, 5.41) is 3.75. The summed E-state index contributed by atoms with van der Waals surface area (Å²) in [5.41, 5.74) is 10.9. The smallest absolute Gasteiger partial charge is 0.120 e. The number of hydrogen-bond acceptors (Lipinski definition) is 3. The molecule has 5 heteroatoms. The molecule has 0 atom stereocenters. The van der Waals surface area contributed by atoms with E-state index in [1.165, 1.54) is 54.0 Å². The van der Waals surface area contributed by atoms with Gasteiger partial charge in [0.05, 0.1) is 13.7 Å². The molecule has 3 aromatic heterocycles. The average Bonchev–Trinajstić information content (AvgIpc) is 3.55. The zero-order chi connectivity index (χ0) is 34.7. The first-order valence-corrected chi connectivity index (χ1v) is 21.6. The van der Waals surface area contributed by atoms with Crippen molar-refractivity contribution < 1.29 is 24.5 Å². The molecule has 4 aromatic carbocycles. The van der Waals surface area contributed by atoms with Crippen LogP contribution in [0.5, 0.6) is 0 Å². The Bertz CT molecular complexity index is 2210. The third kappa shape index (κ3) is 8.02. The minimum atomic E-state index is -1.34. The van der Waals surface area contributed by atoms with Gasteiger partial charge in [0.15, 0.2) is 0 Å². The van der Waals surface area contributed by atoms with Crippen LogP contribution < -0.4 is 5.19 Å². The van der Waals surface area contributed by atoms with Gasteiger partial charge >= 0.3 is 0 Å². The molecule has 1 aliphatic carbocycles. The van der Waals surface area contributed by atoms with Crippen LogP contribution in [0.15, 0.2) is 120 Å². The molecule has 0 aliphatic heterocycles. The predicted octanol–water partition coefficient (Wildman–Crippen LogP) is 12.4. The Kier molecular flexibility index (Phi) is 11.5. The second kappa shape index (κ2) is 16.0. The van der Waals surface area contributed by atoms with Gasteiger partial charge in [0.2, 0.25) is 0 Å². The van der Waals surface area contributed by atoms with E-state index in [1.807, 2.05) is 42.6 Å². The predicted molar refractivity (Wildman–Crippen MR) is 213 cm³/mol. The molecule has 0 N–H and O–H groups in total. The maximum absolute atomic E-state index is 6.41. The fourth-order valence-corrected chi connectivity index (χ4v) is 9.03. The van der Waals surface area contributed by atoms with E-state index in [-0.39, 0.29) is 20.1 Å². The van der Waals surface area contributed by atoms with Gasteiger partial charge in [-0.1, -0.05) is 141 Å². The van der Waals surface area contributed by atoms with Gasteiger partial charge in [-0.25, -0.2) is 0 Å². The molecule has 7 aromatic rings. The number of furan rings is 1. The molecule has 1 aliphatic rings. The fourth-order valence-electron chi connectivity index (χ4n) is 7.36. The van der Waals surface area contributed by atoms with E-state index >= 15 is 0 Å². The Morgan fingerprint density at radius 2 is 1.53 bits per heavy atom. The number of nitrogens with zero attached hydrogens (tertiary/aromatic N) is 2. The van der Waals surface area contributed by atoms with Gasteiger partial charge < -0.3 is 14.4 Å². The van der Waals surface area contributed by atoms with Gasteiger partial charge in [0.1, 0.15) is 5.58 Å². The van der Waals surface area contributed by atoms with Crippen molar-refractivity contribution in [3.05, 3.63) is 139 Å². The molecule has 261 valence electrons. The third-order valence-corrected chi connectivity index (χ3v) is 12.0. The summed E-state index contributed by atoms with van der Waals surface area (Å²) in [6.45, 7) is 11.7.